The van der Waals surface area contributed by atoms with Gasteiger partial charge in [-0.2, -0.15) is 0 Å². The van der Waals surface area contributed by atoms with Crippen LogP contribution in [0.1, 0.15) is 25.3 Å². The van der Waals surface area contributed by atoms with Crippen molar-refractivity contribution in [3.05, 3.63) is 35.9 Å². The summed E-state index contributed by atoms with van der Waals surface area (Å²) in [7, 11) is 0. The third-order valence-electron chi connectivity index (χ3n) is 4.04. The van der Waals surface area contributed by atoms with E-state index in [1.165, 1.54) is 0 Å². The molecular weight excluding hydrogens is 302 g/mol. The second kappa shape index (κ2) is 6.17. The van der Waals surface area contributed by atoms with Crippen molar-refractivity contribution in [2.45, 2.75) is 44.5 Å². The molecule has 1 aromatic rings. The van der Waals surface area contributed by atoms with Gasteiger partial charge in [-0.1, -0.05) is 37.3 Å². The number of aliphatic carboxylic acids is 1. The van der Waals surface area contributed by atoms with Crippen LogP contribution in [0.2, 0.25) is 0 Å². The Labute approximate surface area is 133 Å². The molecule has 1 N–H and O–H groups in total. The largest absolute Gasteiger partial charge is 0.480 e. The summed E-state index contributed by atoms with van der Waals surface area (Å²) in [4.78, 5) is 24.8. The molecule has 1 spiro atoms. The summed E-state index contributed by atoms with van der Waals surface area (Å²) in [6.45, 7) is 2.07. The van der Waals surface area contributed by atoms with Gasteiger partial charge in [0.05, 0.1) is 6.54 Å². The predicted octanol–water partition coefficient (Wildman–Crippen LogP) is 1.96. The summed E-state index contributed by atoms with van der Waals surface area (Å²) in [5, 5.41) is 9.33. The highest BCUT2D eigenvalue weighted by atomic mass is 16.9. The molecule has 0 radical (unpaired) electrons. The van der Waals surface area contributed by atoms with Crippen molar-refractivity contribution < 1.29 is 28.9 Å². The molecule has 2 saturated heterocycles. The Kier molecular flexibility index (Phi) is 4.23. The Morgan fingerprint density at radius 1 is 1.35 bits per heavy atom. The first-order valence-corrected chi connectivity index (χ1v) is 7.59. The average Bonchev–Trinajstić information content (AvgIpc) is 2.93. The van der Waals surface area contributed by atoms with Crippen molar-refractivity contribution in [3.63, 3.8) is 0 Å². The number of amides is 1. The number of carbonyl (C=O) groups is 2. The Hall–Kier alpha value is -2.12. The minimum absolute atomic E-state index is 0.0636. The zero-order chi connectivity index (χ0) is 16.4. The van der Waals surface area contributed by atoms with Crippen LogP contribution >= 0.6 is 0 Å². The third-order valence-corrected chi connectivity index (χ3v) is 4.04. The standard InChI is InChI=1S/C16H19NO6/c1-2-13-22-16(23-13)8-12(14(18)19)17(10-16)15(20)21-9-11-6-4-3-5-7-11/h3-7,12-13H,2,8-10H2,1H3,(H,18,19)/t12-,13?,16?/m0/s1. The van der Waals surface area contributed by atoms with E-state index in [4.69, 9.17) is 14.2 Å². The molecule has 124 valence electrons. The summed E-state index contributed by atoms with van der Waals surface area (Å²) >= 11 is 0. The quantitative estimate of drug-likeness (QED) is 0.912. The molecule has 0 unspecified atom stereocenters. The predicted molar refractivity (Wildman–Crippen MR) is 78.4 cm³/mol. The van der Waals surface area contributed by atoms with Crippen LogP contribution in [-0.4, -0.2) is 46.7 Å². The lowest BCUT2D eigenvalue weighted by Crippen LogP contribution is -2.55. The Bertz CT molecular complexity index is 583. The van der Waals surface area contributed by atoms with E-state index >= 15 is 0 Å². The van der Waals surface area contributed by atoms with Gasteiger partial charge < -0.3 is 19.3 Å². The normalized spacial score (nSPS) is 29.3. The van der Waals surface area contributed by atoms with Crippen LogP contribution in [0.15, 0.2) is 30.3 Å². The molecule has 2 aliphatic rings. The van der Waals surface area contributed by atoms with Crippen molar-refractivity contribution >= 4 is 12.1 Å². The van der Waals surface area contributed by atoms with Gasteiger partial charge in [-0.3, -0.25) is 4.90 Å². The molecule has 23 heavy (non-hydrogen) atoms. The number of carboxylic acid groups (broad SMARTS) is 1. The molecule has 2 heterocycles. The van der Waals surface area contributed by atoms with Crippen LogP contribution in [0.3, 0.4) is 0 Å². The van der Waals surface area contributed by atoms with Crippen LogP contribution in [0.4, 0.5) is 4.79 Å². The molecule has 1 atom stereocenters. The van der Waals surface area contributed by atoms with E-state index in [1.807, 2.05) is 37.3 Å². The first kappa shape index (κ1) is 15.8. The summed E-state index contributed by atoms with van der Waals surface area (Å²) in [6, 6.07) is 8.21. The number of carbonyl (C=O) groups excluding carboxylic acids is 1. The second-order valence-corrected chi connectivity index (χ2v) is 5.71. The van der Waals surface area contributed by atoms with Gasteiger partial charge in [-0.15, -0.1) is 0 Å². The minimum atomic E-state index is -1.09. The van der Waals surface area contributed by atoms with E-state index in [-0.39, 0.29) is 25.9 Å². The van der Waals surface area contributed by atoms with Gasteiger partial charge in [0.1, 0.15) is 12.6 Å². The Morgan fingerprint density at radius 2 is 2.04 bits per heavy atom. The molecule has 3 rings (SSSR count). The number of benzene rings is 1. The highest BCUT2D eigenvalue weighted by Crippen LogP contribution is 2.41. The van der Waals surface area contributed by atoms with Crippen LogP contribution in [0.5, 0.6) is 0 Å². The Balaban J connectivity index is 1.62. The zero-order valence-electron chi connectivity index (χ0n) is 12.8. The van der Waals surface area contributed by atoms with E-state index in [0.717, 1.165) is 10.5 Å². The lowest BCUT2D eigenvalue weighted by atomic mass is 10.1. The van der Waals surface area contributed by atoms with Gasteiger partial charge in [0.25, 0.3) is 0 Å². The highest BCUT2D eigenvalue weighted by molar-refractivity contribution is 5.81. The lowest BCUT2D eigenvalue weighted by molar-refractivity contribution is -0.444. The van der Waals surface area contributed by atoms with Gasteiger partial charge in [0, 0.05) is 6.42 Å². The molecule has 1 aromatic carbocycles. The Morgan fingerprint density at radius 3 is 2.65 bits per heavy atom. The van der Waals surface area contributed by atoms with Crippen molar-refractivity contribution in [2.75, 3.05) is 6.54 Å². The molecular formula is C16H19NO6. The van der Waals surface area contributed by atoms with Crippen molar-refractivity contribution in [2.24, 2.45) is 0 Å². The topological polar surface area (TPSA) is 85.3 Å². The van der Waals surface area contributed by atoms with E-state index in [9.17, 15) is 14.7 Å². The smallest absolute Gasteiger partial charge is 0.411 e. The summed E-state index contributed by atoms with van der Waals surface area (Å²) in [6.07, 6.45) is -0.216. The van der Waals surface area contributed by atoms with Crippen LogP contribution in [0.25, 0.3) is 0 Å². The van der Waals surface area contributed by atoms with Gasteiger partial charge in [0.2, 0.25) is 0 Å². The van der Waals surface area contributed by atoms with Crippen molar-refractivity contribution in [1.29, 1.82) is 0 Å². The van der Waals surface area contributed by atoms with Crippen molar-refractivity contribution in [1.82, 2.24) is 4.90 Å². The van der Waals surface area contributed by atoms with Crippen LogP contribution < -0.4 is 0 Å². The van der Waals surface area contributed by atoms with Crippen LogP contribution in [-0.2, 0) is 25.6 Å². The maximum Gasteiger partial charge on any atom is 0.411 e. The molecule has 7 heteroatoms. The molecule has 0 aliphatic carbocycles. The molecule has 0 saturated carbocycles. The molecule has 0 aromatic heterocycles. The average molecular weight is 321 g/mol. The molecule has 0 bridgehead atoms. The van der Waals surface area contributed by atoms with E-state index in [2.05, 4.69) is 0 Å². The summed E-state index contributed by atoms with van der Waals surface area (Å²) in [5.41, 5.74) is 0.837. The molecule has 7 nitrogen and oxygen atoms in total. The van der Waals surface area contributed by atoms with E-state index in [1.54, 1.807) is 0 Å². The molecule has 2 fully saturated rings. The highest BCUT2D eigenvalue weighted by Gasteiger charge is 2.58. The summed E-state index contributed by atoms with van der Waals surface area (Å²) in [5.74, 6) is -2.10. The van der Waals surface area contributed by atoms with Gasteiger partial charge in [-0.25, -0.2) is 9.59 Å². The maximum absolute atomic E-state index is 12.2. The number of carboxylic acids is 1. The minimum Gasteiger partial charge on any atom is -0.480 e. The molecule has 2 aliphatic heterocycles. The first-order valence-electron chi connectivity index (χ1n) is 7.59. The maximum atomic E-state index is 12.2. The van der Waals surface area contributed by atoms with Crippen molar-refractivity contribution in [3.8, 4) is 0 Å². The number of ether oxygens (including phenoxy) is 3. The first-order chi connectivity index (χ1) is 11.0. The molecule has 1 amide bonds. The second-order valence-electron chi connectivity index (χ2n) is 5.71. The number of hydrogen-bond acceptors (Lipinski definition) is 5. The van der Waals surface area contributed by atoms with Gasteiger partial charge in [-0.05, 0) is 12.0 Å². The number of nitrogens with zero attached hydrogens (tertiary/aromatic N) is 1. The third kappa shape index (κ3) is 3.16. The number of likely N-dealkylation sites (tertiary alicyclic amines) is 1. The van der Waals surface area contributed by atoms with E-state index in [0.29, 0.717) is 6.42 Å². The fraction of sp³-hybridized carbons (Fsp3) is 0.500. The lowest BCUT2D eigenvalue weighted by Gasteiger charge is -2.44. The van der Waals surface area contributed by atoms with Crippen LogP contribution in [0, 0.1) is 0 Å². The number of hydrogen-bond donors (Lipinski definition) is 1. The summed E-state index contributed by atoms with van der Waals surface area (Å²) < 4.78 is 16.5. The zero-order valence-corrected chi connectivity index (χ0v) is 12.8. The van der Waals surface area contributed by atoms with Gasteiger partial charge >= 0.3 is 12.1 Å². The number of rotatable bonds is 4. The van der Waals surface area contributed by atoms with Gasteiger partial charge in [0.15, 0.2) is 12.1 Å². The fourth-order valence-electron chi connectivity index (χ4n) is 2.88. The van der Waals surface area contributed by atoms with E-state index < -0.39 is 23.9 Å². The fourth-order valence-corrected chi connectivity index (χ4v) is 2.88. The monoisotopic (exact) mass is 321 g/mol. The SMILES string of the molecule is CCC1OC2(C[C@@H](C(=O)O)N(C(=O)OCc3ccccc3)C2)O1.